The fourth-order valence-electron chi connectivity index (χ4n) is 1.30. The van der Waals surface area contributed by atoms with E-state index in [1.54, 1.807) is 36.0 Å². The smallest absolute Gasteiger partial charge is 0.338 e. The Morgan fingerprint density at radius 1 is 1.67 bits per heavy atom. The lowest BCUT2D eigenvalue weighted by Crippen LogP contribution is -2.04. The van der Waals surface area contributed by atoms with E-state index in [-0.39, 0.29) is 5.97 Å². The van der Waals surface area contributed by atoms with Crippen LogP contribution in [-0.4, -0.2) is 22.0 Å². The zero-order valence-corrected chi connectivity index (χ0v) is 8.86. The number of aromatic nitrogens is 2. The average molecular weight is 225 g/mol. The van der Waals surface area contributed by atoms with E-state index >= 15 is 0 Å². The van der Waals surface area contributed by atoms with Gasteiger partial charge in [-0.1, -0.05) is 11.6 Å². The second kappa shape index (κ2) is 3.90. The Hall–Kier alpha value is -1.55. The first kappa shape index (κ1) is 9.98. The molecule has 0 amide bonds. The molecule has 2 aromatic rings. The van der Waals surface area contributed by atoms with Crippen molar-refractivity contribution in [3.05, 3.63) is 35.4 Å². The first-order valence-corrected chi connectivity index (χ1v) is 4.89. The first-order valence-electron chi connectivity index (χ1n) is 4.51. The molecule has 0 saturated heterocycles. The SMILES string of the molecule is CCOC(=O)c1ccn2cnc(Cl)c2c1. The molecule has 0 atom stereocenters. The van der Waals surface area contributed by atoms with E-state index in [1.165, 1.54) is 0 Å². The van der Waals surface area contributed by atoms with E-state index in [9.17, 15) is 4.79 Å². The number of esters is 1. The van der Waals surface area contributed by atoms with Gasteiger partial charge in [-0.15, -0.1) is 0 Å². The highest BCUT2D eigenvalue weighted by molar-refractivity contribution is 6.32. The van der Waals surface area contributed by atoms with Crippen LogP contribution in [0.1, 0.15) is 17.3 Å². The normalized spacial score (nSPS) is 10.5. The number of carbonyl (C=O) groups is 1. The Balaban J connectivity index is 2.45. The highest BCUT2D eigenvalue weighted by Gasteiger charge is 2.09. The van der Waals surface area contributed by atoms with Gasteiger partial charge in [0.1, 0.15) is 6.33 Å². The molecule has 5 heteroatoms. The van der Waals surface area contributed by atoms with Crippen LogP contribution in [0.2, 0.25) is 5.15 Å². The van der Waals surface area contributed by atoms with E-state index in [1.807, 2.05) is 0 Å². The number of nitrogens with zero attached hydrogens (tertiary/aromatic N) is 2. The lowest BCUT2D eigenvalue weighted by Gasteiger charge is -2.01. The molecule has 0 bridgehead atoms. The molecule has 0 aliphatic heterocycles. The number of hydrogen-bond acceptors (Lipinski definition) is 3. The van der Waals surface area contributed by atoms with Crippen molar-refractivity contribution in [1.29, 1.82) is 0 Å². The second-order valence-corrected chi connectivity index (χ2v) is 3.32. The van der Waals surface area contributed by atoms with E-state index < -0.39 is 0 Å². The summed E-state index contributed by atoms with van der Waals surface area (Å²) < 4.78 is 6.62. The topological polar surface area (TPSA) is 43.6 Å². The lowest BCUT2D eigenvalue weighted by atomic mass is 10.2. The van der Waals surface area contributed by atoms with Crippen LogP contribution in [0.5, 0.6) is 0 Å². The van der Waals surface area contributed by atoms with Crippen molar-refractivity contribution < 1.29 is 9.53 Å². The van der Waals surface area contributed by atoms with Crippen molar-refractivity contribution in [3.63, 3.8) is 0 Å². The first-order chi connectivity index (χ1) is 7.22. The summed E-state index contributed by atoms with van der Waals surface area (Å²) in [5.74, 6) is -0.350. The van der Waals surface area contributed by atoms with Crippen LogP contribution in [0.25, 0.3) is 5.52 Å². The number of hydrogen-bond donors (Lipinski definition) is 0. The minimum Gasteiger partial charge on any atom is -0.462 e. The molecule has 0 radical (unpaired) electrons. The van der Waals surface area contributed by atoms with Gasteiger partial charge in [0.25, 0.3) is 0 Å². The number of ether oxygens (including phenoxy) is 1. The third-order valence-electron chi connectivity index (χ3n) is 2.00. The van der Waals surface area contributed by atoms with E-state index in [0.717, 1.165) is 0 Å². The second-order valence-electron chi connectivity index (χ2n) is 2.96. The van der Waals surface area contributed by atoms with Gasteiger partial charge in [-0.2, -0.15) is 0 Å². The molecule has 2 aromatic heterocycles. The van der Waals surface area contributed by atoms with Crippen LogP contribution in [0, 0.1) is 0 Å². The number of rotatable bonds is 2. The third kappa shape index (κ3) is 1.80. The van der Waals surface area contributed by atoms with Crippen molar-refractivity contribution >= 4 is 23.1 Å². The number of imidazole rings is 1. The predicted octanol–water partition coefficient (Wildman–Crippen LogP) is 2.16. The molecule has 0 N–H and O–H groups in total. The molecule has 0 saturated carbocycles. The molecular formula is C10H9ClN2O2. The monoisotopic (exact) mass is 224 g/mol. The van der Waals surface area contributed by atoms with E-state index in [4.69, 9.17) is 16.3 Å². The number of fused-ring (bicyclic) bond motifs is 1. The summed E-state index contributed by atoms with van der Waals surface area (Å²) >= 11 is 5.84. The van der Waals surface area contributed by atoms with Crippen LogP contribution < -0.4 is 0 Å². The molecule has 0 fully saturated rings. The van der Waals surface area contributed by atoms with Crippen molar-refractivity contribution in [3.8, 4) is 0 Å². The Kier molecular flexibility index (Phi) is 2.60. The fourth-order valence-corrected chi connectivity index (χ4v) is 1.49. The van der Waals surface area contributed by atoms with Gasteiger partial charge in [-0.05, 0) is 19.1 Å². The van der Waals surface area contributed by atoms with Crippen molar-refractivity contribution in [1.82, 2.24) is 9.38 Å². The molecule has 0 aliphatic carbocycles. The zero-order chi connectivity index (χ0) is 10.8. The molecule has 0 unspecified atom stereocenters. The summed E-state index contributed by atoms with van der Waals surface area (Å²) in [6.45, 7) is 2.12. The van der Waals surface area contributed by atoms with Crippen LogP contribution >= 0.6 is 11.6 Å². The zero-order valence-electron chi connectivity index (χ0n) is 8.11. The Morgan fingerprint density at radius 3 is 3.20 bits per heavy atom. The number of carbonyl (C=O) groups excluding carboxylic acids is 1. The maximum absolute atomic E-state index is 11.4. The van der Waals surface area contributed by atoms with Crippen LogP contribution in [-0.2, 0) is 4.74 Å². The summed E-state index contributed by atoms with van der Waals surface area (Å²) in [6, 6.07) is 3.33. The maximum Gasteiger partial charge on any atom is 0.338 e. The predicted molar refractivity (Wildman–Crippen MR) is 56.2 cm³/mol. The molecular weight excluding hydrogens is 216 g/mol. The standard InChI is InChI=1S/C10H9ClN2O2/c1-2-15-10(14)7-3-4-13-6-12-9(11)8(13)5-7/h3-6H,2H2,1H3. The summed E-state index contributed by atoms with van der Waals surface area (Å²) in [4.78, 5) is 15.3. The third-order valence-corrected chi connectivity index (χ3v) is 2.29. The van der Waals surface area contributed by atoms with Gasteiger partial charge in [-0.25, -0.2) is 9.78 Å². The minimum atomic E-state index is -0.350. The average Bonchev–Trinajstić information content (AvgIpc) is 2.60. The fraction of sp³-hybridized carbons (Fsp3) is 0.200. The molecule has 0 spiro atoms. The molecule has 15 heavy (non-hydrogen) atoms. The van der Waals surface area contributed by atoms with Gasteiger partial charge in [-0.3, -0.25) is 0 Å². The van der Waals surface area contributed by atoms with Gasteiger partial charge in [0, 0.05) is 6.20 Å². The Bertz CT molecular complexity index is 507. The van der Waals surface area contributed by atoms with Crippen LogP contribution in [0.3, 0.4) is 0 Å². The van der Waals surface area contributed by atoms with Crippen molar-refractivity contribution in [2.45, 2.75) is 6.92 Å². The van der Waals surface area contributed by atoms with Gasteiger partial charge >= 0.3 is 5.97 Å². The molecule has 78 valence electrons. The van der Waals surface area contributed by atoms with Crippen LogP contribution in [0.15, 0.2) is 24.7 Å². The van der Waals surface area contributed by atoms with E-state index in [2.05, 4.69) is 4.98 Å². The number of pyridine rings is 1. The number of halogens is 1. The molecule has 0 aliphatic rings. The summed E-state index contributed by atoms with van der Waals surface area (Å²) in [7, 11) is 0. The molecule has 2 rings (SSSR count). The summed E-state index contributed by atoms with van der Waals surface area (Å²) in [6.07, 6.45) is 3.31. The molecule has 2 heterocycles. The van der Waals surface area contributed by atoms with Crippen LogP contribution in [0.4, 0.5) is 0 Å². The maximum atomic E-state index is 11.4. The Labute approximate surface area is 91.4 Å². The highest BCUT2D eigenvalue weighted by Crippen LogP contribution is 2.16. The van der Waals surface area contributed by atoms with E-state index in [0.29, 0.717) is 22.8 Å². The largest absolute Gasteiger partial charge is 0.462 e. The van der Waals surface area contributed by atoms with Crippen molar-refractivity contribution in [2.75, 3.05) is 6.61 Å². The Morgan fingerprint density at radius 2 is 2.47 bits per heavy atom. The highest BCUT2D eigenvalue weighted by atomic mass is 35.5. The van der Waals surface area contributed by atoms with Crippen molar-refractivity contribution in [2.24, 2.45) is 0 Å². The molecule has 4 nitrogen and oxygen atoms in total. The summed E-state index contributed by atoms with van der Waals surface area (Å²) in [5.41, 5.74) is 1.17. The quantitative estimate of drug-likeness (QED) is 0.735. The van der Waals surface area contributed by atoms with Gasteiger partial charge < -0.3 is 9.14 Å². The molecule has 0 aromatic carbocycles. The van der Waals surface area contributed by atoms with Gasteiger partial charge in [0.2, 0.25) is 0 Å². The van der Waals surface area contributed by atoms with Gasteiger partial charge in [0.05, 0.1) is 17.7 Å². The lowest BCUT2D eigenvalue weighted by molar-refractivity contribution is 0.0526. The minimum absolute atomic E-state index is 0.350. The van der Waals surface area contributed by atoms with Gasteiger partial charge in [0.15, 0.2) is 5.15 Å². The summed E-state index contributed by atoms with van der Waals surface area (Å²) in [5, 5.41) is 0.376.